The van der Waals surface area contributed by atoms with Crippen molar-refractivity contribution in [1.29, 1.82) is 0 Å². The van der Waals surface area contributed by atoms with Crippen LogP contribution in [0.4, 0.5) is 4.79 Å². The summed E-state index contributed by atoms with van der Waals surface area (Å²) in [5, 5.41) is 0. The lowest BCUT2D eigenvalue weighted by Crippen LogP contribution is -2.54. The molecule has 0 saturated carbocycles. The van der Waals surface area contributed by atoms with Crippen LogP contribution in [0.15, 0.2) is 0 Å². The lowest BCUT2D eigenvalue weighted by atomic mass is 10.1. The van der Waals surface area contributed by atoms with Gasteiger partial charge in [-0.25, -0.2) is 4.79 Å². The van der Waals surface area contributed by atoms with Gasteiger partial charge in [0.25, 0.3) is 0 Å². The maximum Gasteiger partial charge on any atom is 0.412 e. The average molecular weight is 392 g/mol. The molecule has 1 aliphatic heterocycles. The third-order valence-corrected chi connectivity index (χ3v) is 8.59. The Bertz CT molecular complexity index is 477. The molecular weight excluding hydrogens is 354 g/mol. The third kappa shape index (κ3) is 5.60. The standard InChI is InChI=1S/C19H37NO5S/c1-9-26(10-2,11-3)25-16(12-13-21)15-14-23-19(7,8)20(15)17(22)24-18(4,5)6/h13,15-16H,9-12,14H2,1-8H3. The van der Waals surface area contributed by atoms with E-state index in [2.05, 4.69) is 20.8 Å². The van der Waals surface area contributed by atoms with Crippen molar-refractivity contribution in [3.8, 4) is 0 Å². The van der Waals surface area contributed by atoms with Gasteiger partial charge >= 0.3 is 6.09 Å². The molecule has 1 aliphatic rings. The summed E-state index contributed by atoms with van der Waals surface area (Å²) in [6.45, 7) is 15.9. The van der Waals surface area contributed by atoms with Gasteiger partial charge < -0.3 is 18.5 Å². The smallest absolute Gasteiger partial charge is 0.412 e. The number of hydrogen-bond donors (Lipinski definition) is 0. The summed E-state index contributed by atoms with van der Waals surface area (Å²) in [6, 6.07) is -0.346. The molecule has 0 radical (unpaired) electrons. The maximum absolute atomic E-state index is 12.9. The van der Waals surface area contributed by atoms with Gasteiger partial charge in [-0.05, 0) is 51.9 Å². The SMILES string of the molecule is CCS(CC)(CC)OC(CC=O)C1COC(C)(C)N1C(=O)OC(C)(C)C. The van der Waals surface area contributed by atoms with Crippen molar-refractivity contribution in [3.63, 3.8) is 0 Å². The van der Waals surface area contributed by atoms with E-state index in [1.54, 1.807) is 4.90 Å². The van der Waals surface area contributed by atoms with Crippen molar-refractivity contribution in [1.82, 2.24) is 4.90 Å². The van der Waals surface area contributed by atoms with Crippen molar-refractivity contribution in [3.05, 3.63) is 0 Å². The van der Waals surface area contributed by atoms with E-state index in [1.165, 1.54) is 0 Å². The number of aldehydes is 1. The van der Waals surface area contributed by atoms with Crippen molar-refractivity contribution < 1.29 is 23.2 Å². The Balaban J connectivity index is 3.14. The molecule has 0 aromatic rings. The quantitative estimate of drug-likeness (QED) is 0.583. The molecule has 0 spiro atoms. The van der Waals surface area contributed by atoms with E-state index in [0.29, 0.717) is 6.61 Å². The Hall–Kier alpha value is -0.790. The molecule has 2 unspecified atom stereocenters. The van der Waals surface area contributed by atoms with Gasteiger partial charge in [0.1, 0.15) is 17.6 Å². The summed E-state index contributed by atoms with van der Waals surface area (Å²) in [7, 11) is -1.28. The Kier molecular flexibility index (Phi) is 7.99. The lowest BCUT2D eigenvalue weighted by molar-refractivity contribution is -0.110. The number of hydrogen-bond acceptors (Lipinski definition) is 5. The van der Waals surface area contributed by atoms with Crippen LogP contribution in [0.25, 0.3) is 0 Å². The van der Waals surface area contributed by atoms with Gasteiger partial charge in [-0.2, -0.15) is 0 Å². The summed E-state index contributed by atoms with van der Waals surface area (Å²) < 4.78 is 18.0. The number of ether oxygens (including phenoxy) is 2. The number of amides is 1. The third-order valence-electron chi connectivity index (χ3n) is 4.77. The number of carbonyl (C=O) groups is 2. The van der Waals surface area contributed by atoms with E-state index >= 15 is 0 Å². The van der Waals surface area contributed by atoms with E-state index in [1.807, 2.05) is 34.6 Å². The van der Waals surface area contributed by atoms with Crippen LogP contribution in [0, 0.1) is 0 Å². The lowest BCUT2D eigenvalue weighted by Gasteiger charge is -2.43. The molecule has 0 bridgehead atoms. The fraction of sp³-hybridized carbons (Fsp3) is 0.895. The van der Waals surface area contributed by atoms with Crippen molar-refractivity contribution in [2.45, 2.75) is 85.3 Å². The normalized spacial score (nSPS) is 22.2. The highest BCUT2D eigenvalue weighted by Crippen LogP contribution is 2.50. The molecule has 0 aromatic carbocycles. The predicted molar refractivity (Wildman–Crippen MR) is 107 cm³/mol. The maximum atomic E-state index is 12.9. The van der Waals surface area contributed by atoms with Gasteiger partial charge in [-0.1, -0.05) is 20.8 Å². The van der Waals surface area contributed by atoms with E-state index in [4.69, 9.17) is 13.7 Å². The first-order chi connectivity index (χ1) is 11.9. The minimum atomic E-state index is -1.28. The fourth-order valence-electron chi connectivity index (χ4n) is 3.21. The Morgan fingerprint density at radius 3 is 2.23 bits per heavy atom. The highest BCUT2D eigenvalue weighted by Gasteiger charge is 2.49. The zero-order valence-electron chi connectivity index (χ0n) is 17.7. The summed E-state index contributed by atoms with van der Waals surface area (Å²) in [5.74, 6) is 2.79. The predicted octanol–water partition coefficient (Wildman–Crippen LogP) is 4.11. The zero-order valence-corrected chi connectivity index (χ0v) is 18.5. The van der Waals surface area contributed by atoms with E-state index in [9.17, 15) is 9.59 Å². The first kappa shape index (κ1) is 23.2. The minimum Gasteiger partial charge on any atom is -0.444 e. The first-order valence-electron chi connectivity index (χ1n) is 9.49. The molecule has 154 valence electrons. The first-order valence-corrected chi connectivity index (χ1v) is 11.6. The fourth-order valence-corrected chi connectivity index (χ4v) is 5.57. The monoisotopic (exact) mass is 391 g/mol. The number of rotatable bonds is 8. The highest BCUT2D eigenvalue weighted by atomic mass is 32.3. The molecule has 26 heavy (non-hydrogen) atoms. The molecule has 1 rings (SSSR count). The Labute approximate surface area is 160 Å². The van der Waals surface area contributed by atoms with Gasteiger partial charge in [0.2, 0.25) is 0 Å². The molecule has 6 nitrogen and oxygen atoms in total. The van der Waals surface area contributed by atoms with Gasteiger partial charge in [-0.15, -0.1) is 10.3 Å². The number of carbonyl (C=O) groups excluding carboxylic acids is 2. The summed E-state index contributed by atoms with van der Waals surface area (Å²) in [4.78, 5) is 25.8. The second-order valence-corrected chi connectivity index (χ2v) is 11.9. The van der Waals surface area contributed by atoms with Crippen LogP contribution in [-0.2, 0) is 18.5 Å². The average Bonchev–Trinajstić information content (AvgIpc) is 2.85. The molecular formula is C19H37NO5S. The largest absolute Gasteiger partial charge is 0.444 e. The van der Waals surface area contributed by atoms with E-state index in [0.717, 1.165) is 23.5 Å². The second kappa shape index (κ2) is 8.93. The number of nitrogens with zero attached hydrogens (tertiary/aromatic N) is 1. The van der Waals surface area contributed by atoms with E-state index in [-0.39, 0.29) is 12.5 Å². The molecule has 1 amide bonds. The molecule has 7 heteroatoms. The summed E-state index contributed by atoms with van der Waals surface area (Å²) in [6.07, 6.45) is 0.276. The van der Waals surface area contributed by atoms with Crippen LogP contribution in [-0.4, -0.2) is 64.6 Å². The van der Waals surface area contributed by atoms with Crippen LogP contribution in [0.1, 0.15) is 61.8 Å². The van der Waals surface area contributed by atoms with Crippen LogP contribution >= 0.6 is 10.3 Å². The van der Waals surface area contributed by atoms with Gasteiger partial charge in [0, 0.05) is 6.42 Å². The molecule has 1 heterocycles. The molecule has 0 aromatic heterocycles. The van der Waals surface area contributed by atoms with Crippen LogP contribution < -0.4 is 0 Å². The highest BCUT2D eigenvalue weighted by molar-refractivity contribution is 8.29. The second-order valence-electron chi connectivity index (χ2n) is 8.04. The van der Waals surface area contributed by atoms with Crippen LogP contribution in [0.2, 0.25) is 0 Å². The zero-order chi connectivity index (χ0) is 20.2. The van der Waals surface area contributed by atoms with E-state index < -0.39 is 33.8 Å². The van der Waals surface area contributed by atoms with Gasteiger partial charge in [0.15, 0.2) is 0 Å². The molecule has 0 N–H and O–H groups in total. The molecule has 0 aliphatic carbocycles. The van der Waals surface area contributed by atoms with Crippen molar-refractivity contribution in [2.75, 3.05) is 23.9 Å². The van der Waals surface area contributed by atoms with Crippen LogP contribution in [0.5, 0.6) is 0 Å². The summed E-state index contributed by atoms with van der Waals surface area (Å²) in [5.41, 5.74) is -1.41. The van der Waals surface area contributed by atoms with Crippen molar-refractivity contribution in [2.24, 2.45) is 0 Å². The molecule has 2 atom stereocenters. The topological polar surface area (TPSA) is 65.1 Å². The van der Waals surface area contributed by atoms with Crippen LogP contribution in [0.3, 0.4) is 0 Å². The minimum absolute atomic E-state index is 0.234. The molecule has 1 saturated heterocycles. The Morgan fingerprint density at radius 2 is 1.81 bits per heavy atom. The van der Waals surface area contributed by atoms with Crippen molar-refractivity contribution >= 4 is 22.7 Å². The molecule has 1 fully saturated rings. The van der Waals surface area contributed by atoms with Gasteiger partial charge in [-0.3, -0.25) is 4.90 Å². The summed E-state index contributed by atoms with van der Waals surface area (Å²) >= 11 is 0. The Morgan fingerprint density at radius 1 is 1.27 bits per heavy atom. The van der Waals surface area contributed by atoms with Gasteiger partial charge in [0.05, 0.1) is 18.8 Å².